The Morgan fingerprint density at radius 1 is 1.21 bits per heavy atom. The van der Waals surface area contributed by atoms with E-state index in [0.717, 1.165) is 29.7 Å². The zero-order chi connectivity index (χ0) is 16.9. The summed E-state index contributed by atoms with van der Waals surface area (Å²) in [7, 11) is 0. The molecule has 0 bridgehead atoms. The van der Waals surface area contributed by atoms with Crippen LogP contribution in [0, 0.1) is 0 Å². The van der Waals surface area contributed by atoms with Crippen molar-refractivity contribution in [2.45, 2.75) is 25.3 Å². The van der Waals surface area contributed by atoms with E-state index in [-0.39, 0.29) is 12.5 Å². The Bertz CT molecular complexity index is 733. The number of hydrogen-bond donors (Lipinski definition) is 2. The molecule has 1 unspecified atom stereocenters. The van der Waals surface area contributed by atoms with Crippen LogP contribution in [-0.4, -0.2) is 34.7 Å². The number of carboxylic acids is 1. The van der Waals surface area contributed by atoms with Crippen LogP contribution in [0.1, 0.15) is 17.5 Å². The molecule has 6 heteroatoms. The van der Waals surface area contributed by atoms with Gasteiger partial charge < -0.3 is 10.4 Å². The Hall–Kier alpha value is -2.89. The van der Waals surface area contributed by atoms with Crippen molar-refractivity contribution in [3.63, 3.8) is 0 Å². The Kier molecular flexibility index (Phi) is 4.74. The van der Waals surface area contributed by atoms with Crippen molar-refractivity contribution in [2.24, 2.45) is 0 Å². The number of nitrogens with one attached hydrogen (secondary N) is 1. The fourth-order valence-corrected chi connectivity index (χ4v) is 2.93. The van der Waals surface area contributed by atoms with E-state index in [1.54, 1.807) is 29.4 Å². The number of hydrogen-bond acceptors (Lipinski definition) is 3. The zero-order valence-corrected chi connectivity index (χ0v) is 13.2. The molecule has 6 nitrogen and oxygen atoms in total. The van der Waals surface area contributed by atoms with E-state index >= 15 is 0 Å². The van der Waals surface area contributed by atoms with Gasteiger partial charge in [-0.05, 0) is 42.2 Å². The molecule has 1 aliphatic rings. The lowest BCUT2D eigenvalue weighted by Crippen LogP contribution is -2.50. The highest BCUT2D eigenvalue weighted by Gasteiger charge is 2.27. The smallest absolute Gasteiger partial charge is 0.326 e. The van der Waals surface area contributed by atoms with E-state index in [1.165, 1.54) is 0 Å². The standard InChI is InChI=1S/C18H19N3O3/c22-17(23)15(12-13-7-9-19-10-8-13)20-18(24)21-11-3-5-14-4-1-2-6-16(14)21/h1-2,4,6-10,15H,3,5,11-12H2,(H,20,24)(H,22,23). The molecule has 0 aliphatic carbocycles. The van der Waals surface area contributed by atoms with Crippen LogP contribution in [0.5, 0.6) is 0 Å². The number of anilines is 1. The van der Waals surface area contributed by atoms with Gasteiger partial charge in [0.15, 0.2) is 0 Å². The molecule has 124 valence electrons. The van der Waals surface area contributed by atoms with Crippen molar-refractivity contribution in [1.82, 2.24) is 10.3 Å². The quantitative estimate of drug-likeness (QED) is 0.903. The lowest BCUT2D eigenvalue weighted by atomic mass is 10.0. The zero-order valence-electron chi connectivity index (χ0n) is 13.2. The van der Waals surface area contributed by atoms with Gasteiger partial charge in [0.05, 0.1) is 0 Å². The molecule has 0 fully saturated rings. The van der Waals surface area contributed by atoms with E-state index in [0.29, 0.717) is 6.54 Å². The van der Waals surface area contributed by atoms with Gasteiger partial charge in [-0.1, -0.05) is 18.2 Å². The maximum atomic E-state index is 12.6. The van der Waals surface area contributed by atoms with Gasteiger partial charge in [-0.2, -0.15) is 0 Å². The second kappa shape index (κ2) is 7.12. The molecular formula is C18H19N3O3. The number of fused-ring (bicyclic) bond motifs is 1. The fourth-order valence-electron chi connectivity index (χ4n) is 2.93. The van der Waals surface area contributed by atoms with Gasteiger partial charge in [-0.15, -0.1) is 0 Å². The fraction of sp³-hybridized carbons (Fsp3) is 0.278. The SMILES string of the molecule is O=C(O)C(Cc1ccncc1)NC(=O)N1CCCc2ccccc21. The van der Waals surface area contributed by atoms with Crippen LogP contribution in [0.3, 0.4) is 0 Å². The van der Waals surface area contributed by atoms with Crippen LogP contribution < -0.4 is 10.2 Å². The third kappa shape index (κ3) is 3.53. The topological polar surface area (TPSA) is 82.5 Å². The molecule has 3 rings (SSSR count). The molecule has 0 saturated carbocycles. The molecule has 2 aromatic rings. The highest BCUT2D eigenvalue weighted by molar-refractivity contribution is 5.95. The molecule has 1 aromatic carbocycles. The minimum atomic E-state index is -1.05. The molecule has 2 N–H and O–H groups in total. The summed E-state index contributed by atoms with van der Waals surface area (Å²) < 4.78 is 0. The van der Waals surface area contributed by atoms with Crippen LogP contribution in [0.25, 0.3) is 0 Å². The highest BCUT2D eigenvalue weighted by atomic mass is 16.4. The van der Waals surface area contributed by atoms with Crippen molar-refractivity contribution in [2.75, 3.05) is 11.4 Å². The van der Waals surface area contributed by atoms with E-state index < -0.39 is 12.0 Å². The van der Waals surface area contributed by atoms with Crippen molar-refractivity contribution < 1.29 is 14.7 Å². The maximum Gasteiger partial charge on any atom is 0.326 e. The predicted octanol–water partition coefficient (Wildman–Crippen LogP) is 2.24. The number of carbonyl (C=O) groups is 2. The van der Waals surface area contributed by atoms with Crippen LogP contribution >= 0.6 is 0 Å². The number of rotatable bonds is 4. The number of carbonyl (C=O) groups excluding carboxylic acids is 1. The first-order valence-corrected chi connectivity index (χ1v) is 7.93. The number of carboxylic acid groups (broad SMARTS) is 1. The molecule has 0 spiro atoms. The van der Waals surface area contributed by atoms with Gasteiger partial charge >= 0.3 is 12.0 Å². The van der Waals surface area contributed by atoms with E-state index in [1.807, 2.05) is 24.3 Å². The van der Waals surface area contributed by atoms with Gasteiger partial charge in [0.1, 0.15) is 6.04 Å². The van der Waals surface area contributed by atoms with Gasteiger partial charge in [0, 0.05) is 31.0 Å². The Morgan fingerprint density at radius 2 is 1.96 bits per heavy atom. The normalized spacial score (nSPS) is 14.6. The van der Waals surface area contributed by atoms with Crippen LogP contribution in [0.15, 0.2) is 48.8 Å². The molecular weight excluding hydrogens is 306 g/mol. The minimum absolute atomic E-state index is 0.221. The van der Waals surface area contributed by atoms with Crippen LogP contribution in [0.4, 0.5) is 10.5 Å². The second-order valence-electron chi connectivity index (χ2n) is 5.78. The van der Waals surface area contributed by atoms with E-state index in [9.17, 15) is 14.7 Å². The summed E-state index contributed by atoms with van der Waals surface area (Å²) in [5.74, 6) is -1.05. The molecule has 2 amide bonds. The van der Waals surface area contributed by atoms with Crippen molar-refractivity contribution >= 4 is 17.7 Å². The molecule has 0 radical (unpaired) electrons. The number of para-hydroxylation sites is 1. The van der Waals surface area contributed by atoms with Crippen molar-refractivity contribution in [1.29, 1.82) is 0 Å². The van der Waals surface area contributed by atoms with Gasteiger partial charge in [0.2, 0.25) is 0 Å². The number of pyridine rings is 1. The first-order chi connectivity index (χ1) is 11.6. The Labute approximate surface area is 140 Å². The first kappa shape index (κ1) is 16.0. The maximum absolute atomic E-state index is 12.6. The lowest BCUT2D eigenvalue weighted by molar-refractivity contribution is -0.139. The van der Waals surface area contributed by atoms with Crippen LogP contribution in [0.2, 0.25) is 0 Å². The minimum Gasteiger partial charge on any atom is -0.480 e. The average molecular weight is 325 g/mol. The van der Waals surface area contributed by atoms with Crippen molar-refractivity contribution in [3.05, 3.63) is 59.9 Å². The summed E-state index contributed by atoms with van der Waals surface area (Å²) in [5.41, 5.74) is 2.78. The van der Waals surface area contributed by atoms with E-state index in [2.05, 4.69) is 10.3 Å². The molecule has 24 heavy (non-hydrogen) atoms. The number of amides is 2. The summed E-state index contributed by atoms with van der Waals surface area (Å²) in [4.78, 5) is 29.7. The van der Waals surface area contributed by atoms with E-state index in [4.69, 9.17) is 0 Å². The Balaban J connectivity index is 1.74. The molecule has 2 heterocycles. The Morgan fingerprint density at radius 3 is 2.71 bits per heavy atom. The number of benzene rings is 1. The van der Waals surface area contributed by atoms with Crippen molar-refractivity contribution in [3.8, 4) is 0 Å². The second-order valence-corrected chi connectivity index (χ2v) is 5.78. The third-order valence-corrected chi connectivity index (χ3v) is 4.14. The van der Waals surface area contributed by atoms with Gasteiger partial charge in [0.25, 0.3) is 0 Å². The first-order valence-electron chi connectivity index (χ1n) is 7.93. The van der Waals surface area contributed by atoms with Gasteiger partial charge in [-0.3, -0.25) is 9.88 Å². The number of aryl methyl sites for hydroxylation is 1. The molecule has 1 atom stereocenters. The van der Waals surface area contributed by atoms with Gasteiger partial charge in [-0.25, -0.2) is 9.59 Å². The molecule has 1 aliphatic heterocycles. The number of aliphatic carboxylic acids is 1. The average Bonchev–Trinajstić information content (AvgIpc) is 2.61. The summed E-state index contributed by atoms with van der Waals surface area (Å²) >= 11 is 0. The monoisotopic (exact) mass is 325 g/mol. The molecule has 1 aromatic heterocycles. The van der Waals surface area contributed by atoms with Crippen LogP contribution in [-0.2, 0) is 17.6 Å². The highest BCUT2D eigenvalue weighted by Crippen LogP contribution is 2.26. The lowest BCUT2D eigenvalue weighted by Gasteiger charge is -2.30. The predicted molar refractivity (Wildman–Crippen MR) is 90.0 cm³/mol. The number of urea groups is 1. The third-order valence-electron chi connectivity index (χ3n) is 4.14. The summed E-state index contributed by atoms with van der Waals surface area (Å²) in [5, 5.41) is 12.1. The largest absolute Gasteiger partial charge is 0.480 e. The molecule has 0 saturated heterocycles. The number of aromatic nitrogens is 1. The summed E-state index contributed by atoms with van der Waals surface area (Å²) in [6.07, 6.45) is 5.23. The summed E-state index contributed by atoms with van der Waals surface area (Å²) in [6, 6.07) is 9.88. The summed E-state index contributed by atoms with van der Waals surface area (Å²) in [6.45, 7) is 0.588. The number of nitrogens with zero attached hydrogens (tertiary/aromatic N) is 2.